The molecule has 0 bridgehead atoms. The van der Waals surface area contributed by atoms with Crippen LogP contribution in [-0.2, 0) is 9.53 Å². The third-order valence-corrected chi connectivity index (χ3v) is 3.01. The number of nitrogens with one attached hydrogen (secondary N) is 1. The van der Waals surface area contributed by atoms with E-state index in [0.29, 0.717) is 6.61 Å². The Morgan fingerprint density at radius 2 is 2.15 bits per heavy atom. The van der Waals surface area contributed by atoms with Crippen molar-refractivity contribution in [2.75, 3.05) is 11.9 Å². The van der Waals surface area contributed by atoms with Gasteiger partial charge in [-0.2, -0.15) is 0 Å². The summed E-state index contributed by atoms with van der Waals surface area (Å²) in [7, 11) is 0. The average molecular weight is 273 g/mol. The van der Waals surface area contributed by atoms with Gasteiger partial charge in [-0.3, -0.25) is 0 Å². The Balaban J connectivity index is 2.25. The van der Waals surface area contributed by atoms with Crippen LogP contribution in [0.5, 0.6) is 0 Å². The summed E-state index contributed by atoms with van der Waals surface area (Å²) in [4.78, 5) is 11.4. The zero-order valence-electron chi connectivity index (χ0n) is 12.2. The van der Waals surface area contributed by atoms with E-state index in [-0.39, 0.29) is 5.97 Å². The first-order chi connectivity index (χ1) is 9.51. The minimum atomic E-state index is -0.343. The first kappa shape index (κ1) is 14.2. The lowest BCUT2D eigenvalue weighted by Gasteiger charge is -2.10. The molecule has 0 fully saturated rings. The summed E-state index contributed by atoms with van der Waals surface area (Å²) in [6.07, 6.45) is 1.44. The molecule has 0 amide bonds. The maximum absolute atomic E-state index is 11.4. The highest BCUT2D eigenvalue weighted by Gasteiger charge is 2.08. The summed E-state index contributed by atoms with van der Waals surface area (Å²) in [6.45, 7) is 7.91. The second kappa shape index (κ2) is 5.82. The lowest BCUT2D eigenvalue weighted by atomic mass is 10.1. The van der Waals surface area contributed by atoms with Gasteiger partial charge in [0.2, 0.25) is 0 Å². The summed E-state index contributed by atoms with van der Waals surface area (Å²) in [5, 5.41) is 4.28. The van der Waals surface area contributed by atoms with E-state index in [9.17, 15) is 4.79 Å². The molecule has 106 valence electrons. The molecule has 0 saturated carbocycles. The zero-order valence-corrected chi connectivity index (χ0v) is 12.2. The van der Waals surface area contributed by atoms with Crippen LogP contribution in [0.1, 0.15) is 25.2 Å². The van der Waals surface area contributed by atoms with Crippen LogP contribution in [-0.4, -0.2) is 12.6 Å². The fraction of sp³-hybridized carbons (Fsp3) is 0.312. The molecule has 0 spiro atoms. The van der Waals surface area contributed by atoms with E-state index in [1.165, 1.54) is 6.08 Å². The van der Waals surface area contributed by atoms with Crippen molar-refractivity contribution in [2.24, 2.45) is 0 Å². The Kier molecular flexibility index (Phi) is 4.13. The molecular weight excluding hydrogens is 254 g/mol. The first-order valence-corrected chi connectivity index (χ1v) is 6.63. The SMILES string of the molecule is CCOC(=O)/C=C(\C)Nc1ccc2cc(C)oc2c1C. The molecule has 1 aromatic carbocycles. The number of hydrogen-bond donors (Lipinski definition) is 1. The van der Waals surface area contributed by atoms with Gasteiger partial charge in [-0.15, -0.1) is 0 Å². The third kappa shape index (κ3) is 3.02. The highest BCUT2D eigenvalue weighted by Crippen LogP contribution is 2.28. The highest BCUT2D eigenvalue weighted by atomic mass is 16.5. The molecule has 2 rings (SSSR count). The summed E-state index contributed by atoms with van der Waals surface area (Å²) in [6, 6.07) is 5.99. The molecule has 0 unspecified atom stereocenters. The first-order valence-electron chi connectivity index (χ1n) is 6.63. The van der Waals surface area contributed by atoms with Crippen molar-refractivity contribution in [3.8, 4) is 0 Å². The molecule has 4 heteroatoms. The van der Waals surface area contributed by atoms with Gasteiger partial charge in [0, 0.05) is 28.4 Å². The molecule has 0 saturated heterocycles. The van der Waals surface area contributed by atoms with E-state index >= 15 is 0 Å². The van der Waals surface area contributed by atoms with Crippen LogP contribution in [0.4, 0.5) is 5.69 Å². The molecule has 4 nitrogen and oxygen atoms in total. The van der Waals surface area contributed by atoms with E-state index in [4.69, 9.17) is 9.15 Å². The average Bonchev–Trinajstić information content (AvgIpc) is 2.74. The van der Waals surface area contributed by atoms with Crippen molar-refractivity contribution >= 4 is 22.6 Å². The number of hydrogen-bond acceptors (Lipinski definition) is 4. The maximum atomic E-state index is 11.4. The predicted molar refractivity (Wildman–Crippen MR) is 79.7 cm³/mol. The van der Waals surface area contributed by atoms with E-state index in [1.54, 1.807) is 6.92 Å². The monoisotopic (exact) mass is 273 g/mol. The Morgan fingerprint density at radius 3 is 2.85 bits per heavy atom. The molecule has 0 aliphatic heterocycles. The topological polar surface area (TPSA) is 51.5 Å². The number of anilines is 1. The number of rotatable bonds is 4. The molecule has 0 radical (unpaired) electrons. The van der Waals surface area contributed by atoms with Crippen LogP contribution in [0.25, 0.3) is 11.0 Å². The molecule has 0 aliphatic rings. The fourth-order valence-corrected chi connectivity index (χ4v) is 2.12. The van der Waals surface area contributed by atoms with Gasteiger partial charge >= 0.3 is 5.97 Å². The molecule has 20 heavy (non-hydrogen) atoms. The standard InChI is InChI=1S/C16H19NO3/c1-5-19-15(18)8-10(2)17-14-7-6-13-9-11(3)20-16(13)12(14)4/h6-9,17H,5H2,1-4H3/b10-8+. The van der Waals surface area contributed by atoms with E-state index in [1.807, 2.05) is 39.0 Å². The quantitative estimate of drug-likeness (QED) is 0.677. The second-order valence-corrected chi connectivity index (χ2v) is 4.72. The molecule has 0 atom stereocenters. The predicted octanol–water partition coefficient (Wildman–Crippen LogP) is 3.93. The molecule has 1 heterocycles. The number of ether oxygens (including phenoxy) is 1. The number of fused-ring (bicyclic) bond motifs is 1. The summed E-state index contributed by atoms with van der Waals surface area (Å²) in [5.41, 5.74) is 3.54. The number of allylic oxidation sites excluding steroid dienone is 1. The third-order valence-electron chi connectivity index (χ3n) is 3.01. The lowest BCUT2D eigenvalue weighted by molar-refractivity contribution is -0.137. The van der Waals surface area contributed by atoms with E-state index in [2.05, 4.69) is 5.32 Å². The molecule has 0 aliphatic carbocycles. The van der Waals surface area contributed by atoms with Gasteiger partial charge in [-0.25, -0.2) is 4.79 Å². The fourth-order valence-electron chi connectivity index (χ4n) is 2.12. The Hall–Kier alpha value is -2.23. The van der Waals surface area contributed by atoms with Gasteiger partial charge in [-0.1, -0.05) is 0 Å². The van der Waals surface area contributed by atoms with E-state index < -0.39 is 0 Å². The second-order valence-electron chi connectivity index (χ2n) is 4.72. The van der Waals surface area contributed by atoms with Gasteiger partial charge in [0.1, 0.15) is 11.3 Å². The van der Waals surface area contributed by atoms with Crippen LogP contribution < -0.4 is 5.32 Å². The lowest BCUT2D eigenvalue weighted by Crippen LogP contribution is -2.04. The van der Waals surface area contributed by atoms with E-state index in [0.717, 1.165) is 33.7 Å². The minimum Gasteiger partial charge on any atom is -0.463 e. The number of benzene rings is 1. The van der Waals surface area contributed by atoms with Crippen molar-refractivity contribution in [3.63, 3.8) is 0 Å². The Bertz CT molecular complexity index is 668. The maximum Gasteiger partial charge on any atom is 0.332 e. The highest BCUT2D eigenvalue weighted by molar-refractivity contribution is 5.87. The van der Waals surface area contributed by atoms with Crippen molar-refractivity contribution in [2.45, 2.75) is 27.7 Å². The number of aryl methyl sites for hydroxylation is 2. The summed E-state index contributed by atoms with van der Waals surface area (Å²) >= 11 is 0. The number of esters is 1. The summed E-state index contributed by atoms with van der Waals surface area (Å²) in [5.74, 6) is 0.545. The van der Waals surface area contributed by atoms with Gasteiger partial charge in [0.15, 0.2) is 0 Å². The Morgan fingerprint density at radius 1 is 1.40 bits per heavy atom. The van der Waals surface area contributed by atoms with Gasteiger partial charge in [-0.05, 0) is 45.9 Å². The van der Waals surface area contributed by atoms with Crippen molar-refractivity contribution in [1.82, 2.24) is 0 Å². The minimum absolute atomic E-state index is 0.343. The van der Waals surface area contributed by atoms with Crippen molar-refractivity contribution < 1.29 is 13.9 Å². The number of furan rings is 1. The molecule has 2 aromatic rings. The van der Waals surface area contributed by atoms with Crippen molar-refractivity contribution in [1.29, 1.82) is 0 Å². The normalized spacial score (nSPS) is 11.7. The number of carbonyl (C=O) groups is 1. The van der Waals surface area contributed by atoms with Crippen LogP contribution in [0.15, 0.2) is 34.4 Å². The van der Waals surface area contributed by atoms with Crippen LogP contribution in [0, 0.1) is 13.8 Å². The van der Waals surface area contributed by atoms with Crippen LogP contribution >= 0.6 is 0 Å². The smallest absolute Gasteiger partial charge is 0.332 e. The van der Waals surface area contributed by atoms with Gasteiger partial charge < -0.3 is 14.5 Å². The largest absolute Gasteiger partial charge is 0.463 e. The van der Waals surface area contributed by atoms with Crippen LogP contribution in [0.3, 0.4) is 0 Å². The number of carbonyl (C=O) groups excluding carboxylic acids is 1. The van der Waals surface area contributed by atoms with Crippen LogP contribution in [0.2, 0.25) is 0 Å². The Labute approximate surface area is 118 Å². The van der Waals surface area contributed by atoms with Crippen molar-refractivity contribution in [3.05, 3.63) is 41.3 Å². The summed E-state index contributed by atoms with van der Waals surface area (Å²) < 4.78 is 10.6. The van der Waals surface area contributed by atoms with Gasteiger partial charge in [0.05, 0.1) is 6.61 Å². The van der Waals surface area contributed by atoms with Gasteiger partial charge in [0.25, 0.3) is 0 Å². The molecule has 1 N–H and O–H groups in total. The molecule has 1 aromatic heterocycles. The zero-order chi connectivity index (χ0) is 14.7. The molecular formula is C16H19NO3.